The third kappa shape index (κ3) is 3.81. The minimum atomic E-state index is -3.56. The summed E-state index contributed by atoms with van der Waals surface area (Å²) in [6.45, 7) is 3.01. The van der Waals surface area contributed by atoms with E-state index in [-0.39, 0.29) is 22.5 Å². The number of hydrogen-bond acceptors (Lipinski definition) is 3. The highest BCUT2D eigenvalue weighted by molar-refractivity contribution is 7.89. The first kappa shape index (κ1) is 20.0. The largest absolute Gasteiger partial charge is 0.309 e. The van der Waals surface area contributed by atoms with Crippen molar-refractivity contribution in [1.82, 2.24) is 4.31 Å². The van der Waals surface area contributed by atoms with Crippen LogP contribution in [0.15, 0.2) is 47.4 Å². The summed E-state index contributed by atoms with van der Waals surface area (Å²) in [5.41, 5.74) is 2.27. The normalized spacial score (nSPS) is 18.5. The molecule has 2 aliphatic rings. The van der Waals surface area contributed by atoms with Gasteiger partial charge in [0.05, 0.1) is 10.6 Å². The van der Waals surface area contributed by atoms with E-state index in [0.717, 1.165) is 24.0 Å². The minimum absolute atomic E-state index is 0.0940. The van der Waals surface area contributed by atoms with Crippen molar-refractivity contribution >= 4 is 21.6 Å². The maximum Gasteiger partial charge on any atom is 0.243 e. The van der Waals surface area contributed by atoms with Crippen LogP contribution < -0.4 is 4.90 Å². The van der Waals surface area contributed by atoms with Crippen molar-refractivity contribution in [2.45, 2.75) is 37.5 Å². The third-order valence-corrected chi connectivity index (χ3v) is 7.81. The van der Waals surface area contributed by atoms with Crippen LogP contribution in [0.4, 0.5) is 10.1 Å². The van der Waals surface area contributed by atoms with Crippen LogP contribution in [-0.4, -0.2) is 38.3 Å². The predicted octanol–water partition coefficient (Wildman–Crippen LogP) is 3.51. The van der Waals surface area contributed by atoms with Crippen molar-refractivity contribution in [2.75, 3.05) is 24.5 Å². The summed E-state index contributed by atoms with van der Waals surface area (Å²) in [4.78, 5) is 15.0. The Morgan fingerprint density at radius 2 is 1.72 bits per heavy atom. The number of halogens is 1. The molecule has 0 N–H and O–H groups in total. The number of anilines is 1. The summed E-state index contributed by atoms with van der Waals surface area (Å²) in [6, 6.07) is 11.7. The molecule has 2 aliphatic heterocycles. The summed E-state index contributed by atoms with van der Waals surface area (Å²) in [7, 11) is -3.56. The van der Waals surface area contributed by atoms with Crippen molar-refractivity contribution in [3.8, 4) is 0 Å². The Hall–Kier alpha value is -2.25. The molecule has 0 atom stereocenters. The van der Waals surface area contributed by atoms with Gasteiger partial charge in [0.2, 0.25) is 15.9 Å². The first-order chi connectivity index (χ1) is 13.9. The fraction of sp³-hybridized carbons (Fsp3) is 0.409. The van der Waals surface area contributed by atoms with Gasteiger partial charge < -0.3 is 4.90 Å². The molecule has 29 heavy (non-hydrogen) atoms. The fourth-order valence-electron chi connectivity index (χ4n) is 4.25. The monoisotopic (exact) mass is 416 g/mol. The van der Waals surface area contributed by atoms with Gasteiger partial charge in [-0.1, -0.05) is 29.8 Å². The number of nitrogens with zero attached hydrogens (tertiary/aromatic N) is 2. The highest BCUT2D eigenvalue weighted by Gasteiger charge is 2.36. The van der Waals surface area contributed by atoms with Gasteiger partial charge in [-0.15, -0.1) is 0 Å². The van der Waals surface area contributed by atoms with Gasteiger partial charge in [0.15, 0.2) is 0 Å². The van der Waals surface area contributed by atoms with E-state index in [1.54, 1.807) is 35.2 Å². The maximum atomic E-state index is 14.4. The van der Waals surface area contributed by atoms with Crippen LogP contribution in [0.25, 0.3) is 0 Å². The number of piperidine rings is 1. The molecule has 0 saturated carbocycles. The van der Waals surface area contributed by atoms with Crippen molar-refractivity contribution in [1.29, 1.82) is 0 Å². The molecule has 0 spiro atoms. The number of sulfonamides is 1. The summed E-state index contributed by atoms with van der Waals surface area (Å²) < 4.78 is 41.6. The summed E-state index contributed by atoms with van der Waals surface area (Å²) in [5.74, 6) is -0.747. The molecule has 2 aromatic carbocycles. The van der Waals surface area contributed by atoms with Crippen LogP contribution >= 0.6 is 0 Å². The zero-order valence-corrected chi connectivity index (χ0v) is 17.3. The first-order valence-corrected chi connectivity index (χ1v) is 11.5. The zero-order valence-electron chi connectivity index (χ0n) is 16.5. The number of hydrogen-bond donors (Lipinski definition) is 0. The molecule has 5 nitrogen and oxygen atoms in total. The Balaban J connectivity index is 1.47. The van der Waals surface area contributed by atoms with Gasteiger partial charge in [0.25, 0.3) is 0 Å². The van der Waals surface area contributed by atoms with Gasteiger partial charge >= 0.3 is 0 Å². The van der Waals surface area contributed by atoms with E-state index in [0.29, 0.717) is 38.2 Å². The molecule has 0 unspecified atom stereocenters. The van der Waals surface area contributed by atoms with E-state index in [9.17, 15) is 17.6 Å². The molecule has 7 heteroatoms. The average molecular weight is 417 g/mol. The van der Waals surface area contributed by atoms with Gasteiger partial charge in [-0.2, -0.15) is 4.31 Å². The van der Waals surface area contributed by atoms with Gasteiger partial charge in [0, 0.05) is 25.6 Å². The Morgan fingerprint density at radius 3 is 2.41 bits per heavy atom. The van der Waals surface area contributed by atoms with E-state index in [1.165, 1.54) is 10.4 Å². The molecule has 1 amide bonds. The second-order valence-corrected chi connectivity index (χ2v) is 9.77. The van der Waals surface area contributed by atoms with Crippen molar-refractivity contribution in [3.63, 3.8) is 0 Å². The lowest BCUT2D eigenvalue weighted by Gasteiger charge is -2.36. The summed E-state index contributed by atoms with van der Waals surface area (Å²) in [6.07, 6.45) is 2.47. The molecule has 0 aliphatic carbocycles. The van der Waals surface area contributed by atoms with Gasteiger partial charge in [0.1, 0.15) is 5.82 Å². The van der Waals surface area contributed by atoms with Crippen LogP contribution in [0.3, 0.4) is 0 Å². The number of aryl methyl sites for hydroxylation is 2. The van der Waals surface area contributed by atoms with Crippen molar-refractivity contribution in [2.24, 2.45) is 5.92 Å². The van der Waals surface area contributed by atoms with Crippen LogP contribution in [0.1, 0.15) is 30.4 Å². The fourth-order valence-corrected chi connectivity index (χ4v) is 5.72. The summed E-state index contributed by atoms with van der Waals surface area (Å²) >= 11 is 0. The van der Waals surface area contributed by atoms with E-state index in [2.05, 4.69) is 0 Å². The average Bonchev–Trinajstić information content (AvgIpc) is 2.73. The molecule has 2 heterocycles. The van der Waals surface area contributed by atoms with E-state index >= 15 is 0 Å². The van der Waals surface area contributed by atoms with Gasteiger partial charge in [-0.25, -0.2) is 12.8 Å². The second-order valence-electron chi connectivity index (χ2n) is 7.83. The van der Waals surface area contributed by atoms with Crippen LogP contribution in [-0.2, 0) is 21.2 Å². The number of amides is 1. The number of fused-ring (bicyclic) bond motifs is 1. The molecule has 154 valence electrons. The SMILES string of the molecule is Cc1ccc(S(=O)(=O)N2CCC(C(=O)N3CCCc4cccc(F)c43)CC2)cc1. The smallest absolute Gasteiger partial charge is 0.243 e. The molecular weight excluding hydrogens is 391 g/mol. The lowest BCUT2D eigenvalue weighted by atomic mass is 9.94. The minimum Gasteiger partial charge on any atom is -0.309 e. The first-order valence-electron chi connectivity index (χ1n) is 10.0. The van der Waals surface area contributed by atoms with Crippen molar-refractivity contribution in [3.05, 3.63) is 59.4 Å². The number of benzene rings is 2. The quantitative estimate of drug-likeness (QED) is 0.769. The van der Waals surface area contributed by atoms with Gasteiger partial charge in [-0.3, -0.25) is 4.79 Å². The Bertz CT molecular complexity index is 1010. The number of carbonyl (C=O) groups is 1. The van der Waals surface area contributed by atoms with Crippen LogP contribution in [0.2, 0.25) is 0 Å². The molecule has 1 fully saturated rings. The van der Waals surface area contributed by atoms with E-state index in [1.807, 2.05) is 13.0 Å². The maximum absolute atomic E-state index is 14.4. The van der Waals surface area contributed by atoms with Crippen molar-refractivity contribution < 1.29 is 17.6 Å². The molecule has 2 aromatic rings. The lowest BCUT2D eigenvalue weighted by Crippen LogP contribution is -2.46. The van der Waals surface area contributed by atoms with Crippen LogP contribution in [0, 0.1) is 18.7 Å². The third-order valence-electron chi connectivity index (χ3n) is 5.90. The van der Waals surface area contributed by atoms with Gasteiger partial charge in [-0.05, 0) is 56.4 Å². The number of carbonyl (C=O) groups excluding carboxylic acids is 1. The molecule has 0 radical (unpaired) electrons. The second kappa shape index (κ2) is 7.88. The number of rotatable bonds is 3. The topological polar surface area (TPSA) is 57.7 Å². The Morgan fingerprint density at radius 1 is 1.03 bits per heavy atom. The van der Waals surface area contributed by atoms with Crippen LogP contribution in [0.5, 0.6) is 0 Å². The molecule has 4 rings (SSSR count). The highest BCUT2D eigenvalue weighted by Crippen LogP contribution is 2.33. The lowest BCUT2D eigenvalue weighted by molar-refractivity contribution is -0.123. The Kier molecular flexibility index (Phi) is 5.44. The number of para-hydroxylation sites is 1. The summed E-state index contributed by atoms with van der Waals surface area (Å²) in [5, 5.41) is 0. The molecule has 0 bridgehead atoms. The molecule has 0 aromatic heterocycles. The van der Waals surface area contributed by atoms with E-state index < -0.39 is 10.0 Å². The zero-order chi connectivity index (χ0) is 20.6. The van der Waals surface area contributed by atoms with E-state index in [4.69, 9.17) is 0 Å². The predicted molar refractivity (Wildman–Crippen MR) is 110 cm³/mol. The highest BCUT2D eigenvalue weighted by atomic mass is 32.2. The molecule has 1 saturated heterocycles. The Labute approximate surface area is 171 Å². The standard InChI is InChI=1S/C22H25FN2O3S/c1-16-7-9-19(10-8-16)29(27,28)24-14-11-18(12-15-24)22(26)25-13-3-5-17-4-2-6-20(23)21(17)25/h2,4,6-10,18H,3,5,11-15H2,1H3. The molecular formula is C22H25FN2O3S.